The van der Waals surface area contributed by atoms with Crippen molar-refractivity contribution in [1.82, 2.24) is 9.78 Å². The molecule has 0 aliphatic heterocycles. The predicted molar refractivity (Wildman–Crippen MR) is 78.0 cm³/mol. The summed E-state index contributed by atoms with van der Waals surface area (Å²) in [6.07, 6.45) is 0.0352. The van der Waals surface area contributed by atoms with Gasteiger partial charge in [0.15, 0.2) is 0 Å². The number of aromatic nitrogens is 2. The monoisotopic (exact) mass is 306 g/mol. The maximum atomic E-state index is 13.4. The molecule has 1 aromatic heterocycles. The van der Waals surface area contributed by atoms with Crippen molar-refractivity contribution in [2.45, 2.75) is 26.8 Å². The molecule has 1 aromatic carbocycles. The van der Waals surface area contributed by atoms with Gasteiger partial charge in [-0.2, -0.15) is 5.10 Å². The number of aryl methyl sites for hydroxylation is 2. The number of benzene rings is 1. The van der Waals surface area contributed by atoms with Crippen LogP contribution in [0.2, 0.25) is 0 Å². The number of hydrogen-bond acceptors (Lipinski definition) is 4. The number of hydrogen-bond donors (Lipinski definition) is 1. The maximum absolute atomic E-state index is 13.4. The predicted octanol–water partition coefficient (Wildman–Crippen LogP) is 2.58. The minimum atomic E-state index is -0.516. The highest BCUT2D eigenvalue weighted by atomic mass is 19.1. The first-order valence-electron chi connectivity index (χ1n) is 6.63. The summed E-state index contributed by atoms with van der Waals surface area (Å²) in [5.41, 5.74) is 0.750. The number of amides is 1. The molecule has 0 atom stereocenters. The fourth-order valence-corrected chi connectivity index (χ4v) is 2.15. The number of nitro groups is 1. The van der Waals surface area contributed by atoms with E-state index in [9.17, 15) is 19.3 Å². The van der Waals surface area contributed by atoms with Gasteiger partial charge in [-0.15, -0.1) is 0 Å². The van der Waals surface area contributed by atoms with Gasteiger partial charge in [-0.05, 0) is 26.0 Å². The summed E-state index contributed by atoms with van der Waals surface area (Å²) in [4.78, 5) is 22.2. The molecule has 1 N–H and O–H groups in total. The molecule has 0 saturated carbocycles. The number of anilines is 1. The van der Waals surface area contributed by atoms with Gasteiger partial charge < -0.3 is 5.32 Å². The molecule has 0 radical (unpaired) electrons. The SMILES string of the molecule is Cc1nn(CCC(=O)Nc2ccccc2F)c(C)c1[N+](=O)[O-]. The summed E-state index contributed by atoms with van der Waals surface area (Å²) in [6, 6.07) is 5.85. The topological polar surface area (TPSA) is 90.1 Å². The van der Waals surface area contributed by atoms with Crippen LogP contribution in [0.15, 0.2) is 24.3 Å². The van der Waals surface area contributed by atoms with Crippen molar-refractivity contribution in [1.29, 1.82) is 0 Å². The van der Waals surface area contributed by atoms with Crippen molar-refractivity contribution >= 4 is 17.3 Å². The van der Waals surface area contributed by atoms with E-state index < -0.39 is 10.7 Å². The molecular formula is C14H15FN4O3. The van der Waals surface area contributed by atoms with Gasteiger partial charge in [-0.1, -0.05) is 12.1 Å². The third-order valence-corrected chi connectivity index (χ3v) is 3.22. The first kappa shape index (κ1) is 15.6. The van der Waals surface area contributed by atoms with E-state index in [2.05, 4.69) is 10.4 Å². The molecular weight excluding hydrogens is 291 g/mol. The molecule has 116 valence electrons. The van der Waals surface area contributed by atoms with Gasteiger partial charge in [-0.3, -0.25) is 19.6 Å². The Bertz CT molecular complexity index is 727. The number of nitrogens with zero attached hydrogens (tertiary/aromatic N) is 3. The second-order valence-electron chi connectivity index (χ2n) is 4.78. The second-order valence-corrected chi connectivity index (χ2v) is 4.78. The summed E-state index contributed by atoms with van der Waals surface area (Å²) in [6.45, 7) is 3.30. The van der Waals surface area contributed by atoms with Crippen molar-refractivity contribution < 1.29 is 14.1 Å². The maximum Gasteiger partial charge on any atom is 0.312 e. The summed E-state index contributed by atoms with van der Waals surface area (Å²) in [5.74, 6) is -0.905. The molecule has 0 spiro atoms. The molecule has 1 amide bonds. The van der Waals surface area contributed by atoms with E-state index >= 15 is 0 Å². The van der Waals surface area contributed by atoms with Crippen LogP contribution >= 0.6 is 0 Å². The molecule has 0 fully saturated rings. The zero-order valence-electron chi connectivity index (χ0n) is 12.2. The summed E-state index contributed by atoms with van der Waals surface area (Å²) in [7, 11) is 0. The number of halogens is 1. The van der Waals surface area contributed by atoms with Crippen LogP contribution in [0.5, 0.6) is 0 Å². The fourth-order valence-electron chi connectivity index (χ4n) is 2.15. The van der Waals surface area contributed by atoms with Crippen molar-refractivity contribution in [3.63, 3.8) is 0 Å². The lowest BCUT2D eigenvalue weighted by atomic mass is 10.3. The first-order valence-corrected chi connectivity index (χ1v) is 6.63. The molecule has 0 unspecified atom stereocenters. The lowest BCUT2D eigenvalue weighted by Gasteiger charge is -2.07. The van der Waals surface area contributed by atoms with Gasteiger partial charge in [0.25, 0.3) is 0 Å². The molecule has 0 bridgehead atoms. The van der Waals surface area contributed by atoms with E-state index in [4.69, 9.17) is 0 Å². The van der Waals surface area contributed by atoms with Gasteiger partial charge in [-0.25, -0.2) is 4.39 Å². The quantitative estimate of drug-likeness (QED) is 0.679. The van der Waals surface area contributed by atoms with Crippen LogP contribution in [0, 0.1) is 29.8 Å². The van der Waals surface area contributed by atoms with Crippen molar-refractivity contribution in [3.8, 4) is 0 Å². The van der Waals surface area contributed by atoms with Gasteiger partial charge >= 0.3 is 5.69 Å². The molecule has 22 heavy (non-hydrogen) atoms. The van der Waals surface area contributed by atoms with Crippen LogP contribution < -0.4 is 5.32 Å². The number of carbonyl (C=O) groups excluding carboxylic acids is 1. The third kappa shape index (κ3) is 3.27. The zero-order valence-corrected chi connectivity index (χ0v) is 12.2. The van der Waals surface area contributed by atoms with E-state index in [0.29, 0.717) is 11.4 Å². The standard InChI is InChI=1S/C14H15FN4O3/c1-9-14(19(21)22)10(2)18(17-9)8-7-13(20)16-12-6-4-3-5-11(12)15/h3-6H,7-8H2,1-2H3,(H,16,20). The number of para-hydroxylation sites is 1. The van der Waals surface area contributed by atoms with E-state index in [1.165, 1.54) is 22.9 Å². The number of nitrogens with one attached hydrogen (secondary N) is 1. The average Bonchev–Trinajstić information content (AvgIpc) is 2.73. The van der Waals surface area contributed by atoms with Crippen molar-refractivity contribution in [2.75, 3.05) is 5.32 Å². The molecule has 2 aromatic rings. The van der Waals surface area contributed by atoms with Gasteiger partial charge in [0.05, 0.1) is 17.2 Å². The van der Waals surface area contributed by atoms with E-state index in [1.807, 2.05) is 0 Å². The number of carbonyl (C=O) groups is 1. The third-order valence-electron chi connectivity index (χ3n) is 3.22. The lowest BCUT2D eigenvalue weighted by molar-refractivity contribution is -0.386. The second kappa shape index (κ2) is 6.33. The molecule has 8 heteroatoms. The molecule has 7 nitrogen and oxygen atoms in total. The minimum absolute atomic E-state index is 0.0352. The van der Waals surface area contributed by atoms with Crippen molar-refractivity contribution in [2.24, 2.45) is 0 Å². The van der Waals surface area contributed by atoms with Crippen LogP contribution in [-0.2, 0) is 11.3 Å². The van der Waals surface area contributed by atoms with Crippen LogP contribution in [-0.4, -0.2) is 20.6 Å². The summed E-state index contributed by atoms with van der Waals surface area (Å²) >= 11 is 0. The smallest absolute Gasteiger partial charge is 0.312 e. The first-order chi connectivity index (χ1) is 10.4. The Morgan fingerprint density at radius 3 is 2.68 bits per heavy atom. The van der Waals surface area contributed by atoms with Crippen LogP contribution in [0.25, 0.3) is 0 Å². The summed E-state index contributed by atoms with van der Waals surface area (Å²) < 4.78 is 14.8. The Labute approximate surface area is 125 Å². The van der Waals surface area contributed by atoms with Gasteiger partial charge in [0.1, 0.15) is 17.2 Å². The minimum Gasteiger partial charge on any atom is -0.324 e. The van der Waals surface area contributed by atoms with Crippen LogP contribution in [0.3, 0.4) is 0 Å². The average molecular weight is 306 g/mol. The van der Waals surface area contributed by atoms with Gasteiger partial charge in [0.2, 0.25) is 5.91 Å². The van der Waals surface area contributed by atoms with Crippen LogP contribution in [0.1, 0.15) is 17.8 Å². The Morgan fingerprint density at radius 1 is 1.41 bits per heavy atom. The highest BCUT2D eigenvalue weighted by Crippen LogP contribution is 2.22. The largest absolute Gasteiger partial charge is 0.324 e. The highest BCUT2D eigenvalue weighted by Gasteiger charge is 2.21. The van der Waals surface area contributed by atoms with Gasteiger partial charge in [0, 0.05) is 6.42 Å². The molecule has 0 aliphatic carbocycles. The molecule has 0 saturated heterocycles. The van der Waals surface area contributed by atoms with Crippen LogP contribution in [0.4, 0.5) is 15.8 Å². The number of rotatable bonds is 5. The fraction of sp³-hybridized carbons (Fsp3) is 0.286. The van der Waals surface area contributed by atoms with E-state index in [1.54, 1.807) is 19.9 Å². The Hall–Kier alpha value is -2.77. The highest BCUT2D eigenvalue weighted by molar-refractivity contribution is 5.90. The van der Waals surface area contributed by atoms with E-state index in [-0.39, 0.29) is 30.2 Å². The Balaban J connectivity index is 2.02. The molecule has 2 rings (SSSR count). The molecule has 1 heterocycles. The summed E-state index contributed by atoms with van der Waals surface area (Å²) in [5, 5.41) is 17.4. The Morgan fingerprint density at radius 2 is 2.09 bits per heavy atom. The molecule has 0 aliphatic rings. The normalized spacial score (nSPS) is 10.5. The van der Waals surface area contributed by atoms with E-state index in [0.717, 1.165) is 0 Å². The van der Waals surface area contributed by atoms with Crippen molar-refractivity contribution in [3.05, 3.63) is 51.6 Å². The lowest BCUT2D eigenvalue weighted by Crippen LogP contribution is -2.16. The zero-order chi connectivity index (χ0) is 16.3. The Kier molecular flexibility index (Phi) is 4.50.